The van der Waals surface area contributed by atoms with E-state index in [0.29, 0.717) is 0 Å². The number of rotatable bonds is 0. The molecule has 0 spiro atoms. The fourth-order valence-electron chi connectivity index (χ4n) is 0. The van der Waals surface area contributed by atoms with Crippen LogP contribution in [0, 0.1) is 0 Å². The third kappa shape index (κ3) is 2830. The van der Waals surface area contributed by atoms with Gasteiger partial charge in [-0.3, -0.25) is 0 Å². The molecular formula is C9H28O4SiZr. The zero-order valence-corrected chi connectivity index (χ0v) is 14.4. The van der Waals surface area contributed by atoms with Crippen LogP contribution >= 0.6 is 0 Å². The van der Waals surface area contributed by atoms with Gasteiger partial charge in [0.1, 0.15) is 0 Å². The summed E-state index contributed by atoms with van der Waals surface area (Å²) in [5.41, 5.74) is 0. The van der Waals surface area contributed by atoms with Crippen LogP contribution in [-0.2, 0) is 26.2 Å². The first-order valence-electron chi connectivity index (χ1n) is 4.79. The van der Waals surface area contributed by atoms with Crippen molar-refractivity contribution in [2.24, 2.45) is 0 Å². The third-order valence-corrected chi connectivity index (χ3v) is 0. The summed E-state index contributed by atoms with van der Waals surface area (Å²) in [6, 6.07) is 0. The van der Waals surface area contributed by atoms with E-state index in [1.807, 2.05) is 19.6 Å². The Morgan fingerprint density at radius 3 is 0.733 bits per heavy atom. The van der Waals surface area contributed by atoms with E-state index in [0.717, 1.165) is 0 Å². The van der Waals surface area contributed by atoms with Crippen molar-refractivity contribution in [3.8, 4) is 0 Å². The van der Waals surface area contributed by atoms with Gasteiger partial charge in [-0.05, 0) is 40.4 Å². The van der Waals surface area contributed by atoms with Gasteiger partial charge < -0.3 is 20.1 Å². The van der Waals surface area contributed by atoms with Crippen molar-refractivity contribution in [2.45, 2.75) is 40.4 Å². The molecule has 0 rings (SSSR count). The monoisotopic (exact) mass is 318 g/mol. The molecule has 6 heteroatoms. The van der Waals surface area contributed by atoms with Crippen LogP contribution in [0.4, 0.5) is 0 Å². The quantitative estimate of drug-likeness (QED) is 0.498. The predicted octanol–water partition coefficient (Wildman–Crippen LogP) is 0.807. The fraction of sp³-hybridized carbons (Fsp3) is 1.00. The number of aliphatic hydroxyl groups is 3. The summed E-state index contributed by atoms with van der Waals surface area (Å²) in [4.78, 5) is 8.66. The van der Waals surface area contributed by atoms with Crippen LogP contribution in [0.25, 0.3) is 0 Å². The molecular weight excluding hydrogens is 291 g/mol. The average Bonchev–Trinajstić information content (AvgIpc) is 1.86. The standard InChI is InChI=1S/C3H10OSi.3C2H6O.Zr/c1-5(2,3)4;3*1-2-3;/h4H,1-3H3;3*3H,2H2,1H3;. The summed E-state index contributed by atoms with van der Waals surface area (Å²) >= 11 is 0. The molecule has 0 aliphatic rings. The van der Waals surface area contributed by atoms with E-state index in [1.54, 1.807) is 20.8 Å². The van der Waals surface area contributed by atoms with Gasteiger partial charge in [-0.25, -0.2) is 0 Å². The van der Waals surface area contributed by atoms with E-state index in [1.165, 1.54) is 0 Å². The Balaban J connectivity index is -0.0000000300. The molecule has 4 nitrogen and oxygen atoms in total. The second-order valence-electron chi connectivity index (χ2n) is 3.12. The van der Waals surface area contributed by atoms with E-state index in [4.69, 9.17) is 20.1 Å². The Morgan fingerprint density at radius 1 is 0.733 bits per heavy atom. The molecule has 0 amide bonds. The van der Waals surface area contributed by atoms with Gasteiger partial charge in [-0.15, -0.1) is 0 Å². The zero-order valence-electron chi connectivity index (χ0n) is 10.9. The van der Waals surface area contributed by atoms with Crippen molar-refractivity contribution in [3.05, 3.63) is 0 Å². The van der Waals surface area contributed by atoms with Crippen molar-refractivity contribution >= 4 is 8.32 Å². The smallest absolute Gasteiger partial charge is 0.179 e. The fourth-order valence-corrected chi connectivity index (χ4v) is 0. The molecule has 0 atom stereocenters. The number of aliphatic hydroxyl groups excluding tert-OH is 3. The summed E-state index contributed by atoms with van der Waals surface area (Å²) in [5.74, 6) is 0. The van der Waals surface area contributed by atoms with E-state index < -0.39 is 8.32 Å². The molecule has 0 aromatic heterocycles. The van der Waals surface area contributed by atoms with Gasteiger partial charge in [0.25, 0.3) is 0 Å². The van der Waals surface area contributed by atoms with Gasteiger partial charge in [0.15, 0.2) is 8.32 Å². The average molecular weight is 320 g/mol. The van der Waals surface area contributed by atoms with Gasteiger partial charge in [0, 0.05) is 46.0 Å². The first-order valence-corrected chi connectivity index (χ1v) is 8.24. The summed E-state index contributed by atoms with van der Waals surface area (Å²) in [7, 11) is -1.61. The van der Waals surface area contributed by atoms with E-state index in [-0.39, 0.29) is 46.0 Å². The first kappa shape index (κ1) is 29.7. The molecule has 0 bridgehead atoms. The van der Waals surface area contributed by atoms with Crippen LogP contribution in [0.2, 0.25) is 19.6 Å². The maximum atomic E-state index is 8.66. The SMILES string of the molecule is CCO.CCO.CCO.C[Si](C)(C)O.[Zr]. The number of hydrogen-bond acceptors (Lipinski definition) is 4. The normalized spacial score (nSPS) is 7.60. The summed E-state index contributed by atoms with van der Waals surface area (Å²) in [6.45, 7) is 11.4. The van der Waals surface area contributed by atoms with Crippen LogP contribution in [0.15, 0.2) is 0 Å². The van der Waals surface area contributed by atoms with Crippen LogP contribution in [0.5, 0.6) is 0 Å². The van der Waals surface area contributed by atoms with Gasteiger partial charge in [0.2, 0.25) is 0 Å². The van der Waals surface area contributed by atoms with Gasteiger partial charge in [0.05, 0.1) is 0 Å². The topological polar surface area (TPSA) is 80.9 Å². The van der Waals surface area contributed by atoms with Crippen LogP contribution in [0.3, 0.4) is 0 Å². The molecule has 0 aliphatic heterocycles. The van der Waals surface area contributed by atoms with Gasteiger partial charge in [-0.1, -0.05) is 0 Å². The minimum atomic E-state index is -1.61. The first-order chi connectivity index (χ1) is 6.24. The van der Waals surface area contributed by atoms with Crippen molar-refractivity contribution in [3.63, 3.8) is 0 Å². The Hall–Kier alpha value is 0.940. The molecule has 0 saturated heterocycles. The Bertz CT molecular complexity index is 58.9. The number of hydrogen-bond donors (Lipinski definition) is 4. The molecule has 0 aromatic rings. The molecule has 0 radical (unpaired) electrons. The van der Waals surface area contributed by atoms with E-state index >= 15 is 0 Å². The predicted molar refractivity (Wildman–Crippen MR) is 63.8 cm³/mol. The molecule has 0 unspecified atom stereocenters. The second-order valence-corrected chi connectivity index (χ2v) is 7.46. The van der Waals surface area contributed by atoms with Gasteiger partial charge >= 0.3 is 0 Å². The van der Waals surface area contributed by atoms with Crippen molar-refractivity contribution in [1.29, 1.82) is 0 Å². The molecule has 0 saturated carbocycles. The molecule has 0 heterocycles. The Morgan fingerprint density at radius 2 is 0.733 bits per heavy atom. The largest absolute Gasteiger partial charge is 0.433 e. The maximum absolute atomic E-state index is 8.66. The Kier molecular flexibility index (Phi) is 58.2. The van der Waals surface area contributed by atoms with Crippen molar-refractivity contribution in [2.75, 3.05) is 19.8 Å². The van der Waals surface area contributed by atoms with E-state index in [2.05, 4.69) is 0 Å². The summed E-state index contributed by atoms with van der Waals surface area (Å²) < 4.78 is 0. The summed E-state index contributed by atoms with van der Waals surface area (Å²) in [6.07, 6.45) is 0. The molecule has 0 aliphatic carbocycles. The molecule has 0 aromatic carbocycles. The zero-order chi connectivity index (χ0) is 12.6. The Labute approximate surface area is 115 Å². The van der Waals surface area contributed by atoms with Crippen LogP contribution < -0.4 is 0 Å². The molecule has 96 valence electrons. The molecule has 15 heavy (non-hydrogen) atoms. The minimum Gasteiger partial charge on any atom is -0.433 e. The van der Waals surface area contributed by atoms with E-state index in [9.17, 15) is 0 Å². The summed E-state index contributed by atoms with van der Waals surface area (Å²) in [5, 5.41) is 22.7. The maximum Gasteiger partial charge on any atom is 0.179 e. The minimum absolute atomic E-state index is 0. The third-order valence-electron chi connectivity index (χ3n) is 0. The van der Waals surface area contributed by atoms with Crippen molar-refractivity contribution < 1.29 is 46.3 Å². The molecule has 4 N–H and O–H groups in total. The second kappa shape index (κ2) is 29.4. The molecule has 0 fully saturated rings. The van der Waals surface area contributed by atoms with Crippen molar-refractivity contribution in [1.82, 2.24) is 0 Å². The van der Waals surface area contributed by atoms with Crippen LogP contribution in [0.1, 0.15) is 20.8 Å². The van der Waals surface area contributed by atoms with Crippen LogP contribution in [-0.4, -0.2) is 48.3 Å². The van der Waals surface area contributed by atoms with Gasteiger partial charge in [-0.2, -0.15) is 0 Å².